The largest absolute Gasteiger partial charge is 0.358 e. The number of hydrogen-bond acceptors (Lipinski definition) is 4. The average molecular weight is 376 g/mol. The minimum atomic E-state index is -0.377. The summed E-state index contributed by atoms with van der Waals surface area (Å²) in [6.07, 6.45) is 2.02. The highest BCUT2D eigenvalue weighted by Gasteiger charge is 2.22. The predicted molar refractivity (Wildman–Crippen MR) is 111 cm³/mol. The van der Waals surface area contributed by atoms with Crippen LogP contribution in [-0.4, -0.2) is 27.7 Å². The third-order valence-electron chi connectivity index (χ3n) is 5.11. The number of aromatic amines is 1. The van der Waals surface area contributed by atoms with Gasteiger partial charge in [-0.3, -0.25) is 19.2 Å². The summed E-state index contributed by atoms with van der Waals surface area (Å²) in [5.41, 5.74) is 2.29. The molecule has 6 nitrogen and oxygen atoms in total. The number of fused-ring (bicyclic) bond motifs is 1. The van der Waals surface area contributed by atoms with Crippen LogP contribution in [0.2, 0.25) is 0 Å². The van der Waals surface area contributed by atoms with Crippen molar-refractivity contribution in [2.45, 2.75) is 25.9 Å². The standard InChI is InChI=1S/C22H24N4O2/c27-21-19-15-25(13-7-12-17-8-3-1-4-9-17)16-23-20(19)26(22(28)24-21)14-18-10-5-2-6-11-18/h1-6,8-11,23H,7,12-16H2,(H,24,27,28). The Kier molecular flexibility index (Phi) is 5.39. The number of aryl methyl sites for hydroxylation is 1. The van der Waals surface area contributed by atoms with Gasteiger partial charge in [-0.15, -0.1) is 0 Å². The summed E-state index contributed by atoms with van der Waals surface area (Å²) in [6.45, 7) is 2.49. The van der Waals surface area contributed by atoms with Gasteiger partial charge in [0.2, 0.25) is 0 Å². The molecular formula is C22H24N4O2. The van der Waals surface area contributed by atoms with Gasteiger partial charge in [-0.05, 0) is 24.0 Å². The normalized spacial score (nSPS) is 13.7. The van der Waals surface area contributed by atoms with Gasteiger partial charge in [0.1, 0.15) is 5.82 Å². The number of aromatic nitrogens is 2. The van der Waals surface area contributed by atoms with E-state index >= 15 is 0 Å². The van der Waals surface area contributed by atoms with Crippen LogP contribution in [0, 0.1) is 0 Å². The topological polar surface area (TPSA) is 70.1 Å². The summed E-state index contributed by atoms with van der Waals surface area (Å²) in [5.74, 6) is 0.636. The molecule has 4 rings (SSSR count). The molecule has 2 N–H and O–H groups in total. The molecule has 2 aromatic carbocycles. The van der Waals surface area contributed by atoms with Crippen LogP contribution in [0.15, 0.2) is 70.3 Å². The van der Waals surface area contributed by atoms with Crippen LogP contribution in [0.25, 0.3) is 0 Å². The lowest BCUT2D eigenvalue weighted by atomic mass is 10.1. The molecular weight excluding hydrogens is 352 g/mol. The Balaban J connectivity index is 1.48. The summed E-state index contributed by atoms with van der Waals surface area (Å²) in [5, 5.41) is 3.30. The Morgan fingerprint density at radius 1 is 0.893 bits per heavy atom. The molecule has 0 aliphatic carbocycles. The number of anilines is 1. The first-order chi connectivity index (χ1) is 13.7. The van der Waals surface area contributed by atoms with E-state index < -0.39 is 0 Å². The second-order valence-electron chi connectivity index (χ2n) is 7.13. The van der Waals surface area contributed by atoms with Crippen LogP contribution in [-0.2, 0) is 19.5 Å². The van der Waals surface area contributed by atoms with Crippen molar-refractivity contribution in [2.75, 3.05) is 18.5 Å². The second kappa shape index (κ2) is 8.27. The Morgan fingerprint density at radius 3 is 2.29 bits per heavy atom. The highest BCUT2D eigenvalue weighted by Crippen LogP contribution is 2.19. The van der Waals surface area contributed by atoms with Gasteiger partial charge in [0.25, 0.3) is 5.56 Å². The molecule has 144 valence electrons. The SMILES string of the molecule is O=c1[nH]c(=O)n(Cc2ccccc2)c2c1CN(CCCc1ccccc1)CN2. The van der Waals surface area contributed by atoms with Crippen molar-refractivity contribution in [3.63, 3.8) is 0 Å². The molecule has 1 aliphatic rings. The quantitative estimate of drug-likeness (QED) is 0.693. The number of rotatable bonds is 6. The Bertz CT molecular complexity index is 1040. The lowest BCUT2D eigenvalue weighted by Gasteiger charge is -2.30. The highest BCUT2D eigenvalue weighted by molar-refractivity contribution is 5.46. The van der Waals surface area contributed by atoms with Crippen molar-refractivity contribution in [1.29, 1.82) is 0 Å². The van der Waals surface area contributed by atoms with Gasteiger partial charge < -0.3 is 5.32 Å². The van der Waals surface area contributed by atoms with Gasteiger partial charge in [-0.2, -0.15) is 0 Å². The van der Waals surface area contributed by atoms with Gasteiger partial charge in [0.05, 0.1) is 18.8 Å². The molecule has 0 radical (unpaired) electrons. The summed E-state index contributed by atoms with van der Waals surface area (Å²) in [6, 6.07) is 20.2. The van der Waals surface area contributed by atoms with Gasteiger partial charge in [0.15, 0.2) is 0 Å². The summed E-state index contributed by atoms with van der Waals surface area (Å²) < 4.78 is 1.62. The van der Waals surface area contributed by atoms with E-state index in [0.29, 0.717) is 31.1 Å². The monoisotopic (exact) mass is 376 g/mol. The Morgan fingerprint density at radius 2 is 1.57 bits per heavy atom. The smallest absolute Gasteiger partial charge is 0.330 e. The molecule has 0 unspecified atom stereocenters. The molecule has 1 aromatic heterocycles. The van der Waals surface area contributed by atoms with Crippen molar-refractivity contribution >= 4 is 5.82 Å². The van der Waals surface area contributed by atoms with Crippen LogP contribution < -0.4 is 16.6 Å². The molecule has 0 spiro atoms. The van der Waals surface area contributed by atoms with Crippen LogP contribution in [0.3, 0.4) is 0 Å². The average Bonchev–Trinajstić information content (AvgIpc) is 2.73. The van der Waals surface area contributed by atoms with Gasteiger partial charge in [0, 0.05) is 13.1 Å². The maximum Gasteiger partial charge on any atom is 0.330 e. The molecule has 6 heteroatoms. The van der Waals surface area contributed by atoms with E-state index in [2.05, 4.69) is 39.5 Å². The zero-order valence-corrected chi connectivity index (χ0v) is 15.7. The van der Waals surface area contributed by atoms with E-state index in [-0.39, 0.29) is 11.2 Å². The number of hydrogen-bond donors (Lipinski definition) is 2. The van der Waals surface area contributed by atoms with Crippen LogP contribution in [0.1, 0.15) is 23.1 Å². The van der Waals surface area contributed by atoms with Crippen molar-refractivity contribution < 1.29 is 0 Å². The molecule has 3 aromatic rings. The first-order valence-corrected chi connectivity index (χ1v) is 9.61. The first-order valence-electron chi connectivity index (χ1n) is 9.61. The van der Waals surface area contributed by atoms with Crippen LogP contribution >= 0.6 is 0 Å². The van der Waals surface area contributed by atoms with Crippen molar-refractivity contribution in [3.05, 3.63) is 98.2 Å². The van der Waals surface area contributed by atoms with E-state index in [1.54, 1.807) is 4.57 Å². The molecule has 0 atom stereocenters. The molecule has 0 saturated carbocycles. The zero-order valence-electron chi connectivity index (χ0n) is 15.7. The van der Waals surface area contributed by atoms with Crippen molar-refractivity contribution in [2.24, 2.45) is 0 Å². The number of nitrogens with one attached hydrogen (secondary N) is 2. The maximum atomic E-state index is 12.4. The van der Waals surface area contributed by atoms with Crippen molar-refractivity contribution in [1.82, 2.24) is 14.5 Å². The minimum Gasteiger partial charge on any atom is -0.358 e. The molecule has 0 amide bonds. The molecule has 0 bridgehead atoms. The second-order valence-corrected chi connectivity index (χ2v) is 7.13. The Hall–Kier alpha value is -3.12. The first kappa shape index (κ1) is 18.3. The lowest BCUT2D eigenvalue weighted by Crippen LogP contribution is -2.43. The summed E-state index contributed by atoms with van der Waals surface area (Å²) in [4.78, 5) is 29.5. The molecule has 28 heavy (non-hydrogen) atoms. The summed E-state index contributed by atoms with van der Waals surface area (Å²) in [7, 11) is 0. The molecule has 0 fully saturated rings. The van der Waals surface area contributed by atoms with E-state index in [1.165, 1.54) is 5.56 Å². The molecule has 1 aliphatic heterocycles. The zero-order chi connectivity index (χ0) is 19.3. The molecule has 0 saturated heterocycles. The number of H-pyrrole nitrogens is 1. The molecule has 2 heterocycles. The van der Waals surface area contributed by atoms with Gasteiger partial charge in [-0.1, -0.05) is 60.7 Å². The van der Waals surface area contributed by atoms with E-state index in [4.69, 9.17) is 0 Å². The Labute approximate surface area is 163 Å². The number of benzene rings is 2. The summed E-state index contributed by atoms with van der Waals surface area (Å²) >= 11 is 0. The third-order valence-corrected chi connectivity index (χ3v) is 5.11. The number of nitrogens with zero attached hydrogens (tertiary/aromatic N) is 2. The van der Waals surface area contributed by atoms with Crippen LogP contribution in [0.4, 0.5) is 5.82 Å². The van der Waals surface area contributed by atoms with Crippen LogP contribution in [0.5, 0.6) is 0 Å². The fourth-order valence-electron chi connectivity index (χ4n) is 3.65. The van der Waals surface area contributed by atoms with E-state index in [9.17, 15) is 9.59 Å². The highest BCUT2D eigenvalue weighted by atomic mass is 16.2. The van der Waals surface area contributed by atoms with Crippen molar-refractivity contribution in [3.8, 4) is 0 Å². The fraction of sp³-hybridized carbons (Fsp3) is 0.273. The maximum absolute atomic E-state index is 12.4. The fourth-order valence-corrected chi connectivity index (χ4v) is 3.65. The van der Waals surface area contributed by atoms with E-state index in [0.717, 1.165) is 24.9 Å². The predicted octanol–water partition coefficient (Wildman–Crippen LogP) is 2.40. The lowest BCUT2D eigenvalue weighted by molar-refractivity contribution is 0.268. The minimum absolute atomic E-state index is 0.301. The van der Waals surface area contributed by atoms with Gasteiger partial charge >= 0.3 is 5.69 Å². The van der Waals surface area contributed by atoms with E-state index in [1.807, 2.05) is 36.4 Å². The van der Waals surface area contributed by atoms with Gasteiger partial charge in [-0.25, -0.2) is 4.79 Å². The third kappa shape index (κ3) is 4.07.